The van der Waals surface area contributed by atoms with Crippen LogP contribution in [0.2, 0.25) is 0 Å². The molecular weight excluding hydrogens is 294 g/mol. The molecule has 1 heterocycles. The molecule has 1 unspecified atom stereocenters. The van der Waals surface area contributed by atoms with Crippen LogP contribution in [0.4, 0.5) is 0 Å². The highest BCUT2D eigenvalue weighted by Crippen LogP contribution is 2.38. The SMILES string of the molecule is Cc1ccc(C(=O)C(NC=O)n2ccc(C3CC3)nc2=O)cc1. The standard InChI is InChI=1S/C17H17N3O3/c1-11-2-4-13(5-3-11)15(22)16(18-10-21)20-9-8-14(12-6-7-12)19-17(20)23/h2-5,8-10,12,16H,6-7H2,1H3,(H,18,21). The molecule has 3 rings (SSSR count). The van der Waals surface area contributed by atoms with Crippen molar-refractivity contribution in [1.29, 1.82) is 0 Å². The second-order valence-electron chi connectivity index (χ2n) is 5.73. The summed E-state index contributed by atoms with van der Waals surface area (Å²) in [6.07, 6.45) is 2.92. The largest absolute Gasteiger partial charge is 0.349 e. The maximum atomic E-state index is 12.6. The Hall–Kier alpha value is -2.76. The molecule has 1 amide bonds. The number of hydrogen-bond donors (Lipinski definition) is 1. The van der Waals surface area contributed by atoms with E-state index in [1.54, 1.807) is 18.2 Å². The molecule has 1 fully saturated rings. The normalized spacial score (nSPS) is 15.0. The Labute approximate surface area is 133 Å². The van der Waals surface area contributed by atoms with Crippen LogP contribution in [-0.4, -0.2) is 21.7 Å². The second-order valence-corrected chi connectivity index (χ2v) is 5.73. The van der Waals surface area contributed by atoms with Gasteiger partial charge in [0.05, 0.1) is 5.69 Å². The van der Waals surface area contributed by atoms with E-state index in [0.717, 1.165) is 28.7 Å². The maximum absolute atomic E-state index is 12.6. The fourth-order valence-electron chi connectivity index (χ4n) is 2.45. The number of nitrogens with one attached hydrogen (secondary N) is 1. The number of carbonyl (C=O) groups is 2. The van der Waals surface area contributed by atoms with E-state index in [0.29, 0.717) is 17.9 Å². The van der Waals surface area contributed by atoms with Gasteiger partial charge in [0.25, 0.3) is 0 Å². The summed E-state index contributed by atoms with van der Waals surface area (Å²) in [5.41, 5.74) is 1.66. The van der Waals surface area contributed by atoms with Crippen molar-refractivity contribution in [3.63, 3.8) is 0 Å². The molecule has 1 aromatic carbocycles. The fourth-order valence-corrected chi connectivity index (χ4v) is 2.45. The highest BCUT2D eigenvalue weighted by atomic mass is 16.2. The van der Waals surface area contributed by atoms with Gasteiger partial charge in [0.2, 0.25) is 12.2 Å². The number of ketones is 1. The molecule has 1 N–H and O–H groups in total. The van der Waals surface area contributed by atoms with E-state index in [2.05, 4.69) is 10.3 Å². The Morgan fingerprint density at radius 3 is 2.57 bits per heavy atom. The van der Waals surface area contributed by atoms with E-state index in [-0.39, 0.29) is 5.78 Å². The summed E-state index contributed by atoms with van der Waals surface area (Å²) >= 11 is 0. The lowest BCUT2D eigenvalue weighted by Gasteiger charge is -2.17. The molecule has 1 atom stereocenters. The monoisotopic (exact) mass is 311 g/mol. The number of aromatic nitrogens is 2. The Balaban J connectivity index is 1.94. The number of carbonyl (C=O) groups excluding carboxylic acids is 2. The predicted octanol–water partition coefficient (Wildman–Crippen LogP) is 1.56. The molecule has 1 aliphatic carbocycles. The molecule has 6 heteroatoms. The second kappa shape index (κ2) is 6.16. The van der Waals surface area contributed by atoms with Crippen LogP contribution < -0.4 is 11.0 Å². The summed E-state index contributed by atoms with van der Waals surface area (Å²) in [7, 11) is 0. The van der Waals surface area contributed by atoms with Gasteiger partial charge in [-0.3, -0.25) is 14.2 Å². The van der Waals surface area contributed by atoms with E-state index < -0.39 is 11.9 Å². The summed E-state index contributed by atoms with van der Waals surface area (Å²) < 4.78 is 1.16. The number of aryl methyl sites for hydroxylation is 1. The number of benzene rings is 1. The fraction of sp³-hybridized carbons (Fsp3) is 0.294. The van der Waals surface area contributed by atoms with Gasteiger partial charge in [0.1, 0.15) is 0 Å². The molecule has 1 aromatic heterocycles. The van der Waals surface area contributed by atoms with Crippen molar-refractivity contribution in [3.8, 4) is 0 Å². The van der Waals surface area contributed by atoms with Crippen molar-refractivity contribution >= 4 is 12.2 Å². The van der Waals surface area contributed by atoms with Crippen molar-refractivity contribution in [1.82, 2.24) is 14.9 Å². The number of Topliss-reactive ketones (excluding diaryl/α,β-unsaturated/α-hetero) is 1. The minimum absolute atomic E-state index is 0.350. The highest BCUT2D eigenvalue weighted by Gasteiger charge is 2.27. The Morgan fingerprint density at radius 1 is 1.30 bits per heavy atom. The topological polar surface area (TPSA) is 81.1 Å². The minimum Gasteiger partial charge on any atom is -0.331 e. The lowest BCUT2D eigenvalue weighted by Crippen LogP contribution is -2.39. The zero-order chi connectivity index (χ0) is 16.4. The summed E-state index contributed by atoms with van der Waals surface area (Å²) in [6.45, 7) is 1.92. The molecule has 0 saturated heterocycles. The van der Waals surface area contributed by atoms with Gasteiger partial charge in [-0.2, -0.15) is 4.98 Å². The third-order valence-corrected chi connectivity index (χ3v) is 3.94. The lowest BCUT2D eigenvalue weighted by molar-refractivity contribution is -0.110. The average Bonchev–Trinajstić information content (AvgIpc) is 3.38. The van der Waals surface area contributed by atoms with E-state index in [4.69, 9.17) is 0 Å². The summed E-state index contributed by atoms with van der Waals surface area (Å²) in [5.74, 6) is -0.0113. The number of rotatable bonds is 6. The van der Waals surface area contributed by atoms with Crippen LogP contribution in [0.5, 0.6) is 0 Å². The average molecular weight is 311 g/mol. The highest BCUT2D eigenvalue weighted by molar-refractivity contribution is 5.99. The van der Waals surface area contributed by atoms with Crippen molar-refractivity contribution in [2.75, 3.05) is 0 Å². The first-order chi connectivity index (χ1) is 11.1. The number of hydrogen-bond acceptors (Lipinski definition) is 4. The number of amides is 1. The smallest absolute Gasteiger partial charge is 0.331 e. The van der Waals surface area contributed by atoms with Gasteiger partial charge < -0.3 is 5.32 Å². The van der Waals surface area contributed by atoms with Crippen LogP contribution in [0.25, 0.3) is 0 Å². The van der Waals surface area contributed by atoms with Crippen LogP contribution in [0, 0.1) is 6.92 Å². The van der Waals surface area contributed by atoms with Gasteiger partial charge in [0.15, 0.2) is 6.17 Å². The summed E-state index contributed by atoms with van der Waals surface area (Å²) in [4.78, 5) is 39.7. The first-order valence-electron chi connectivity index (χ1n) is 7.50. The van der Waals surface area contributed by atoms with Crippen LogP contribution >= 0.6 is 0 Å². The van der Waals surface area contributed by atoms with Crippen LogP contribution in [0.3, 0.4) is 0 Å². The minimum atomic E-state index is -1.09. The van der Waals surface area contributed by atoms with Crippen molar-refractivity contribution in [2.45, 2.75) is 31.8 Å². The van der Waals surface area contributed by atoms with E-state index >= 15 is 0 Å². The molecule has 6 nitrogen and oxygen atoms in total. The zero-order valence-electron chi connectivity index (χ0n) is 12.7. The van der Waals surface area contributed by atoms with Gasteiger partial charge in [-0.05, 0) is 25.8 Å². The van der Waals surface area contributed by atoms with Gasteiger partial charge in [0, 0.05) is 17.7 Å². The molecule has 1 aliphatic rings. The molecule has 2 aromatic rings. The molecule has 0 spiro atoms. The van der Waals surface area contributed by atoms with Gasteiger partial charge >= 0.3 is 5.69 Å². The van der Waals surface area contributed by atoms with E-state index in [9.17, 15) is 14.4 Å². The summed E-state index contributed by atoms with van der Waals surface area (Å²) in [6, 6.07) is 8.70. The van der Waals surface area contributed by atoms with E-state index in [1.165, 1.54) is 6.20 Å². The molecular formula is C17H17N3O3. The van der Waals surface area contributed by atoms with Gasteiger partial charge in [-0.25, -0.2) is 4.79 Å². The Morgan fingerprint density at radius 2 is 2.00 bits per heavy atom. The predicted molar refractivity (Wildman–Crippen MR) is 84.2 cm³/mol. The van der Waals surface area contributed by atoms with Gasteiger partial charge in [-0.1, -0.05) is 29.8 Å². The van der Waals surface area contributed by atoms with Crippen LogP contribution in [0.1, 0.15) is 46.5 Å². The lowest BCUT2D eigenvalue weighted by atomic mass is 10.1. The first-order valence-corrected chi connectivity index (χ1v) is 7.50. The molecule has 118 valence electrons. The molecule has 0 radical (unpaired) electrons. The molecule has 0 bridgehead atoms. The molecule has 1 saturated carbocycles. The van der Waals surface area contributed by atoms with Crippen molar-refractivity contribution < 1.29 is 9.59 Å². The molecule has 23 heavy (non-hydrogen) atoms. The zero-order valence-corrected chi connectivity index (χ0v) is 12.7. The Kier molecular flexibility index (Phi) is 4.06. The third-order valence-electron chi connectivity index (χ3n) is 3.94. The summed E-state index contributed by atoms with van der Waals surface area (Å²) in [5, 5.41) is 2.41. The number of nitrogens with zero attached hydrogens (tertiary/aromatic N) is 2. The van der Waals surface area contributed by atoms with Crippen molar-refractivity contribution in [3.05, 3.63) is 63.8 Å². The molecule has 0 aliphatic heterocycles. The van der Waals surface area contributed by atoms with E-state index in [1.807, 2.05) is 19.1 Å². The van der Waals surface area contributed by atoms with Crippen LogP contribution in [-0.2, 0) is 4.79 Å². The van der Waals surface area contributed by atoms with Crippen molar-refractivity contribution in [2.24, 2.45) is 0 Å². The van der Waals surface area contributed by atoms with Gasteiger partial charge in [-0.15, -0.1) is 0 Å². The first kappa shape index (κ1) is 15.1. The Bertz CT molecular complexity index is 791. The quantitative estimate of drug-likeness (QED) is 0.648. The van der Waals surface area contributed by atoms with Crippen LogP contribution in [0.15, 0.2) is 41.3 Å². The third kappa shape index (κ3) is 3.21. The maximum Gasteiger partial charge on any atom is 0.349 e.